The van der Waals surface area contributed by atoms with Crippen molar-refractivity contribution < 1.29 is 28.5 Å². The Morgan fingerprint density at radius 2 is 1.67 bits per heavy atom. The molecule has 0 bridgehead atoms. The maximum absolute atomic E-state index is 11.7. The zero-order chi connectivity index (χ0) is 17.9. The number of hydrogen-bond donors (Lipinski definition) is 1. The summed E-state index contributed by atoms with van der Waals surface area (Å²) in [5.41, 5.74) is 0.844. The van der Waals surface area contributed by atoms with Crippen LogP contribution in [0.2, 0.25) is 0 Å². The number of hydrogen-bond acceptors (Lipinski definition) is 6. The van der Waals surface area contributed by atoms with Gasteiger partial charge >= 0.3 is 5.97 Å². The largest absolute Gasteiger partial charge is 0.493 e. The molecule has 0 aliphatic heterocycles. The SMILES string of the molecule is CCCNC(=O)COC(=O)CCc1cc(OC)c(OC)c(OC)c1. The highest BCUT2D eigenvalue weighted by Gasteiger charge is 2.14. The van der Waals surface area contributed by atoms with E-state index in [9.17, 15) is 9.59 Å². The van der Waals surface area contributed by atoms with Crippen molar-refractivity contribution >= 4 is 11.9 Å². The molecule has 0 unspecified atom stereocenters. The second-order valence-electron chi connectivity index (χ2n) is 5.04. The number of methoxy groups -OCH3 is 3. The molecule has 7 nitrogen and oxygen atoms in total. The quantitative estimate of drug-likeness (QED) is 0.654. The molecular weight excluding hydrogens is 314 g/mol. The van der Waals surface area contributed by atoms with Gasteiger partial charge in [-0.05, 0) is 30.5 Å². The molecular formula is C17H25NO6. The Morgan fingerprint density at radius 1 is 1.04 bits per heavy atom. The average molecular weight is 339 g/mol. The van der Waals surface area contributed by atoms with Gasteiger partial charge < -0.3 is 24.3 Å². The molecule has 0 aliphatic rings. The summed E-state index contributed by atoms with van der Waals surface area (Å²) in [5.74, 6) is 0.825. The van der Waals surface area contributed by atoms with Crippen LogP contribution in [0, 0.1) is 0 Å². The number of carbonyl (C=O) groups is 2. The van der Waals surface area contributed by atoms with Gasteiger partial charge in [-0.3, -0.25) is 9.59 Å². The Balaban J connectivity index is 2.57. The van der Waals surface area contributed by atoms with Gasteiger partial charge in [0, 0.05) is 13.0 Å². The van der Waals surface area contributed by atoms with Crippen molar-refractivity contribution in [1.82, 2.24) is 5.32 Å². The Morgan fingerprint density at radius 3 is 2.17 bits per heavy atom. The minimum atomic E-state index is -0.435. The molecule has 0 saturated carbocycles. The second-order valence-corrected chi connectivity index (χ2v) is 5.04. The fourth-order valence-corrected chi connectivity index (χ4v) is 2.06. The monoisotopic (exact) mass is 339 g/mol. The first kappa shape index (κ1) is 19.6. The topological polar surface area (TPSA) is 83.1 Å². The highest BCUT2D eigenvalue weighted by atomic mass is 16.5. The van der Waals surface area contributed by atoms with Crippen LogP contribution < -0.4 is 19.5 Å². The van der Waals surface area contributed by atoms with Crippen molar-refractivity contribution in [2.24, 2.45) is 0 Å². The minimum Gasteiger partial charge on any atom is -0.493 e. The molecule has 1 N–H and O–H groups in total. The van der Waals surface area contributed by atoms with Crippen LogP contribution in [0.5, 0.6) is 17.2 Å². The first-order chi connectivity index (χ1) is 11.5. The summed E-state index contributed by atoms with van der Waals surface area (Å²) in [6.07, 6.45) is 1.42. The number of carbonyl (C=O) groups excluding carboxylic acids is 2. The summed E-state index contributed by atoms with van der Waals surface area (Å²) in [5, 5.41) is 2.64. The second kappa shape index (κ2) is 10.4. The zero-order valence-corrected chi connectivity index (χ0v) is 14.6. The molecule has 1 aromatic rings. The molecule has 0 fully saturated rings. The molecule has 134 valence electrons. The number of aryl methyl sites for hydroxylation is 1. The molecule has 7 heteroatoms. The Labute approximate surface area is 142 Å². The van der Waals surface area contributed by atoms with Crippen molar-refractivity contribution in [3.05, 3.63) is 17.7 Å². The van der Waals surface area contributed by atoms with E-state index < -0.39 is 5.97 Å². The van der Waals surface area contributed by atoms with Crippen LogP contribution in [0.4, 0.5) is 0 Å². The van der Waals surface area contributed by atoms with Crippen LogP contribution >= 0.6 is 0 Å². The van der Waals surface area contributed by atoms with Gasteiger partial charge in [0.1, 0.15) is 0 Å². The van der Waals surface area contributed by atoms with E-state index in [-0.39, 0.29) is 18.9 Å². The van der Waals surface area contributed by atoms with Crippen LogP contribution in [0.3, 0.4) is 0 Å². The lowest BCUT2D eigenvalue weighted by Crippen LogP contribution is -2.29. The molecule has 0 spiro atoms. The summed E-state index contributed by atoms with van der Waals surface area (Å²) >= 11 is 0. The number of benzene rings is 1. The molecule has 0 heterocycles. The highest BCUT2D eigenvalue weighted by molar-refractivity contribution is 5.80. The molecule has 1 amide bonds. The van der Waals surface area contributed by atoms with E-state index in [2.05, 4.69) is 5.32 Å². The van der Waals surface area contributed by atoms with Crippen LogP contribution in [0.25, 0.3) is 0 Å². The third kappa shape index (κ3) is 5.98. The maximum Gasteiger partial charge on any atom is 0.306 e. The fraction of sp³-hybridized carbons (Fsp3) is 0.529. The van der Waals surface area contributed by atoms with Gasteiger partial charge in [-0.2, -0.15) is 0 Å². The average Bonchev–Trinajstić information content (AvgIpc) is 2.61. The smallest absolute Gasteiger partial charge is 0.306 e. The van der Waals surface area contributed by atoms with Gasteiger partial charge in [-0.15, -0.1) is 0 Å². The van der Waals surface area contributed by atoms with E-state index >= 15 is 0 Å². The van der Waals surface area contributed by atoms with Crippen LogP contribution in [-0.4, -0.2) is 46.4 Å². The Bertz CT molecular complexity index is 533. The lowest BCUT2D eigenvalue weighted by Gasteiger charge is -2.14. The summed E-state index contributed by atoms with van der Waals surface area (Å²) in [4.78, 5) is 23.1. The van der Waals surface area contributed by atoms with E-state index in [0.717, 1.165) is 12.0 Å². The molecule has 1 rings (SSSR count). The number of ether oxygens (including phenoxy) is 4. The van der Waals surface area contributed by atoms with Crippen LogP contribution in [0.15, 0.2) is 12.1 Å². The molecule has 0 atom stereocenters. The van der Waals surface area contributed by atoms with Crippen LogP contribution in [0.1, 0.15) is 25.3 Å². The molecule has 1 aromatic carbocycles. The van der Waals surface area contributed by atoms with Crippen molar-refractivity contribution in [3.8, 4) is 17.2 Å². The predicted octanol–water partition coefficient (Wildman–Crippen LogP) is 1.71. The van der Waals surface area contributed by atoms with Gasteiger partial charge in [0.05, 0.1) is 21.3 Å². The fourth-order valence-electron chi connectivity index (χ4n) is 2.06. The first-order valence-electron chi connectivity index (χ1n) is 7.76. The maximum atomic E-state index is 11.7. The Hall–Kier alpha value is -2.44. The highest BCUT2D eigenvalue weighted by Crippen LogP contribution is 2.38. The molecule has 24 heavy (non-hydrogen) atoms. The van der Waals surface area contributed by atoms with Gasteiger partial charge in [0.2, 0.25) is 5.75 Å². The van der Waals surface area contributed by atoms with Gasteiger partial charge in [-0.25, -0.2) is 0 Å². The minimum absolute atomic E-state index is 0.152. The van der Waals surface area contributed by atoms with Gasteiger partial charge in [0.15, 0.2) is 18.1 Å². The van der Waals surface area contributed by atoms with Gasteiger partial charge in [0.25, 0.3) is 5.91 Å². The predicted molar refractivity (Wildman–Crippen MR) is 88.7 cm³/mol. The normalized spacial score (nSPS) is 10.0. The van der Waals surface area contributed by atoms with Crippen molar-refractivity contribution in [3.63, 3.8) is 0 Å². The molecule has 0 aromatic heterocycles. The third-order valence-electron chi connectivity index (χ3n) is 3.28. The third-order valence-corrected chi connectivity index (χ3v) is 3.28. The van der Waals surface area contributed by atoms with E-state index in [1.165, 1.54) is 21.3 Å². The van der Waals surface area contributed by atoms with Crippen molar-refractivity contribution in [2.45, 2.75) is 26.2 Å². The standard InChI is InChI=1S/C17H25NO6/c1-5-8-18-15(19)11-24-16(20)7-6-12-9-13(21-2)17(23-4)14(10-12)22-3/h9-10H,5-8,11H2,1-4H3,(H,18,19). The summed E-state index contributed by atoms with van der Waals surface area (Å²) in [7, 11) is 4.59. The van der Waals surface area contributed by atoms with E-state index in [4.69, 9.17) is 18.9 Å². The van der Waals surface area contributed by atoms with E-state index in [1.54, 1.807) is 12.1 Å². The first-order valence-corrected chi connectivity index (χ1v) is 7.76. The van der Waals surface area contributed by atoms with Crippen molar-refractivity contribution in [1.29, 1.82) is 0 Å². The van der Waals surface area contributed by atoms with Crippen LogP contribution in [-0.2, 0) is 20.7 Å². The van der Waals surface area contributed by atoms with E-state index in [0.29, 0.717) is 30.2 Å². The number of amides is 1. The lowest BCUT2D eigenvalue weighted by molar-refractivity contribution is -0.148. The lowest BCUT2D eigenvalue weighted by atomic mass is 10.1. The summed E-state index contributed by atoms with van der Waals surface area (Å²) in [6.45, 7) is 2.26. The number of nitrogens with one attached hydrogen (secondary N) is 1. The summed E-state index contributed by atoms with van der Waals surface area (Å²) in [6, 6.07) is 3.56. The van der Waals surface area contributed by atoms with E-state index in [1.807, 2.05) is 6.92 Å². The number of rotatable bonds is 10. The van der Waals surface area contributed by atoms with Crippen molar-refractivity contribution in [2.75, 3.05) is 34.5 Å². The number of esters is 1. The summed E-state index contributed by atoms with van der Waals surface area (Å²) < 4.78 is 20.7. The molecule has 0 saturated heterocycles. The molecule has 0 aliphatic carbocycles. The van der Waals surface area contributed by atoms with Gasteiger partial charge in [-0.1, -0.05) is 6.92 Å². The molecule has 0 radical (unpaired) electrons. The zero-order valence-electron chi connectivity index (χ0n) is 14.6. The Kier molecular flexibility index (Phi) is 8.46.